The van der Waals surface area contributed by atoms with Crippen LogP contribution in [-0.4, -0.2) is 11.4 Å². The molecule has 100 valence electrons. The fourth-order valence-corrected chi connectivity index (χ4v) is 2.41. The van der Waals surface area contributed by atoms with Gasteiger partial charge in [0.05, 0.1) is 6.10 Å². The molecule has 0 spiro atoms. The van der Waals surface area contributed by atoms with Crippen LogP contribution in [-0.2, 0) is 6.42 Å². The maximum absolute atomic E-state index is 13.6. The van der Waals surface area contributed by atoms with Crippen molar-refractivity contribution in [3.63, 3.8) is 0 Å². The maximum atomic E-state index is 13.6. The molecule has 1 atom stereocenters. The zero-order chi connectivity index (χ0) is 13.8. The van der Waals surface area contributed by atoms with Crippen molar-refractivity contribution in [1.82, 2.24) is 0 Å². The number of aliphatic hydroxyl groups excluding tert-OH is 1. The third kappa shape index (κ3) is 3.72. The van der Waals surface area contributed by atoms with Gasteiger partial charge in [0.15, 0.2) is 0 Å². The Morgan fingerprint density at radius 3 is 2.47 bits per heavy atom. The minimum atomic E-state index is -0.716. The van der Waals surface area contributed by atoms with E-state index < -0.39 is 6.10 Å². The highest BCUT2D eigenvalue weighted by Crippen LogP contribution is 2.24. The summed E-state index contributed by atoms with van der Waals surface area (Å²) in [5, 5.41) is 10.5. The monoisotopic (exact) mass is 296 g/mol. The molecule has 0 aliphatic carbocycles. The van der Waals surface area contributed by atoms with E-state index in [9.17, 15) is 9.50 Å². The summed E-state index contributed by atoms with van der Waals surface area (Å²) in [5.41, 5.74) is 1.25. The quantitative estimate of drug-likeness (QED) is 0.840. The van der Waals surface area contributed by atoms with Crippen LogP contribution in [0, 0.1) is 5.82 Å². The van der Waals surface area contributed by atoms with Gasteiger partial charge in [0, 0.05) is 16.3 Å². The normalized spacial score (nSPS) is 12.4. The molecule has 2 rings (SSSR count). The summed E-state index contributed by atoms with van der Waals surface area (Å²) >= 11 is 7.34. The molecule has 4 heteroatoms. The Labute approximate surface area is 121 Å². The molecule has 0 heterocycles. The number of thioether (sulfide) groups is 1. The molecule has 0 aromatic heterocycles. The SMILES string of the molecule is CSc1ccc(C(O)Cc2ccc(Cl)cc2F)cc1. The van der Waals surface area contributed by atoms with Gasteiger partial charge >= 0.3 is 0 Å². The van der Waals surface area contributed by atoms with Crippen LogP contribution in [0.2, 0.25) is 5.02 Å². The molecule has 1 unspecified atom stereocenters. The lowest BCUT2D eigenvalue weighted by atomic mass is 10.0. The van der Waals surface area contributed by atoms with Gasteiger partial charge in [-0.3, -0.25) is 0 Å². The van der Waals surface area contributed by atoms with E-state index in [2.05, 4.69) is 0 Å². The van der Waals surface area contributed by atoms with E-state index in [1.807, 2.05) is 30.5 Å². The Balaban J connectivity index is 2.13. The largest absolute Gasteiger partial charge is 0.388 e. The maximum Gasteiger partial charge on any atom is 0.127 e. The molecule has 1 nitrogen and oxygen atoms in total. The average molecular weight is 297 g/mol. The first-order valence-electron chi connectivity index (χ1n) is 5.86. The second-order valence-corrected chi connectivity index (χ2v) is 5.54. The van der Waals surface area contributed by atoms with Gasteiger partial charge in [-0.05, 0) is 41.6 Å². The molecule has 19 heavy (non-hydrogen) atoms. The van der Waals surface area contributed by atoms with Gasteiger partial charge in [-0.15, -0.1) is 11.8 Å². The molecule has 0 radical (unpaired) electrons. The van der Waals surface area contributed by atoms with Crippen LogP contribution in [0.25, 0.3) is 0 Å². The van der Waals surface area contributed by atoms with Gasteiger partial charge in [0.25, 0.3) is 0 Å². The zero-order valence-electron chi connectivity index (χ0n) is 10.4. The van der Waals surface area contributed by atoms with Crippen LogP contribution in [0.1, 0.15) is 17.2 Å². The van der Waals surface area contributed by atoms with Crippen molar-refractivity contribution in [2.45, 2.75) is 17.4 Å². The lowest BCUT2D eigenvalue weighted by molar-refractivity contribution is 0.177. The number of hydrogen-bond acceptors (Lipinski definition) is 2. The van der Waals surface area contributed by atoms with Crippen LogP contribution in [0.5, 0.6) is 0 Å². The van der Waals surface area contributed by atoms with Crippen molar-refractivity contribution in [2.24, 2.45) is 0 Å². The molecule has 0 saturated carbocycles. The molecule has 0 aliphatic heterocycles. The molecule has 0 fully saturated rings. The smallest absolute Gasteiger partial charge is 0.127 e. The van der Waals surface area contributed by atoms with Gasteiger partial charge in [0.2, 0.25) is 0 Å². The van der Waals surface area contributed by atoms with Gasteiger partial charge < -0.3 is 5.11 Å². The third-order valence-corrected chi connectivity index (χ3v) is 3.91. The lowest BCUT2D eigenvalue weighted by Crippen LogP contribution is -2.03. The first-order chi connectivity index (χ1) is 9.10. The van der Waals surface area contributed by atoms with Gasteiger partial charge in [0.1, 0.15) is 5.82 Å². The Kier molecular flexibility index (Phi) is 4.86. The average Bonchev–Trinajstić information content (AvgIpc) is 2.42. The van der Waals surface area contributed by atoms with Crippen molar-refractivity contribution < 1.29 is 9.50 Å². The minimum Gasteiger partial charge on any atom is -0.388 e. The third-order valence-electron chi connectivity index (χ3n) is 2.93. The first-order valence-corrected chi connectivity index (χ1v) is 7.46. The molecule has 0 aliphatic rings. The van der Waals surface area contributed by atoms with Crippen LogP contribution in [0.4, 0.5) is 4.39 Å². The van der Waals surface area contributed by atoms with Crippen LogP contribution < -0.4 is 0 Å². The minimum absolute atomic E-state index is 0.238. The number of hydrogen-bond donors (Lipinski definition) is 1. The summed E-state index contributed by atoms with van der Waals surface area (Å²) in [6.45, 7) is 0. The second kappa shape index (κ2) is 6.42. The second-order valence-electron chi connectivity index (χ2n) is 4.23. The van der Waals surface area contributed by atoms with E-state index in [0.29, 0.717) is 10.6 Å². The van der Waals surface area contributed by atoms with Crippen LogP contribution >= 0.6 is 23.4 Å². The first kappa shape index (κ1) is 14.4. The Morgan fingerprint density at radius 1 is 1.21 bits per heavy atom. The number of halogens is 2. The van der Waals surface area contributed by atoms with E-state index >= 15 is 0 Å². The van der Waals surface area contributed by atoms with Crippen LogP contribution in [0.15, 0.2) is 47.4 Å². The summed E-state index contributed by atoms with van der Waals surface area (Å²) < 4.78 is 13.6. The van der Waals surface area contributed by atoms with Crippen molar-refractivity contribution in [1.29, 1.82) is 0 Å². The Morgan fingerprint density at radius 2 is 1.89 bits per heavy atom. The van der Waals surface area contributed by atoms with Crippen molar-refractivity contribution >= 4 is 23.4 Å². The topological polar surface area (TPSA) is 20.2 Å². The van der Waals surface area contributed by atoms with Gasteiger partial charge in [-0.1, -0.05) is 29.8 Å². The van der Waals surface area contributed by atoms with E-state index in [1.165, 1.54) is 6.07 Å². The summed E-state index contributed by atoms with van der Waals surface area (Å²) in [6, 6.07) is 12.1. The molecular weight excluding hydrogens is 283 g/mol. The number of aliphatic hydroxyl groups is 1. The molecular formula is C15H14ClFOS. The van der Waals surface area contributed by atoms with Crippen molar-refractivity contribution in [2.75, 3.05) is 6.26 Å². The summed E-state index contributed by atoms with van der Waals surface area (Å²) in [5.74, 6) is -0.382. The zero-order valence-corrected chi connectivity index (χ0v) is 12.0. The summed E-state index contributed by atoms with van der Waals surface area (Å²) in [4.78, 5) is 1.13. The highest BCUT2D eigenvalue weighted by Gasteiger charge is 2.12. The highest BCUT2D eigenvalue weighted by molar-refractivity contribution is 7.98. The Bertz CT molecular complexity index is 557. The highest BCUT2D eigenvalue weighted by atomic mass is 35.5. The molecule has 0 amide bonds. The van der Waals surface area contributed by atoms with E-state index in [0.717, 1.165) is 10.5 Å². The predicted octanol–water partition coefficient (Wildman–Crippen LogP) is 4.48. The molecule has 2 aromatic carbocycles. The van der Waals surface area contributed by atoms with Crippen molar-refractivity contribution in [3.8, 4) is 0 Å². The fourth-order valence-electron chi connectivity index (χ4n) is 1.84. The summed E-state index contributed by atoms with van der Waals surface area (Å²) in [7, 11) is 0. The van der Waals surface area contributed by atoms with E-state index in [1.54, 1.807) is 23.9 Å². The van der Waals surface area contributed by atoms with Gasteiger partial charge in [-0.25, -0.2) is 4.39 Å². The Hall–Kier alpha value is -1.03. The van der Waals surface area contributed by atoms with Gasteiger partial charge in [-0.2, -0.15) is 0 Å². The fraction of sp³-hybridized carbons (Fsp3) is 0.200. The number of rotatable bonds is 4. The summed E-state index contributed by atoms with van der Waals surface area (Å²) in [6.07, 6.45) is 1.52. The molecule has 0 bridgehead atoms. The van der Waals surface area contributed by atoms with Crippen molar-refractivity contribution in [3.05, 3.63) is 64.4 Å². The van der Waals surface area contributed by atoms with E-state index in [-0.39, 0.29) is 12.2 Å². The lowest BCUT2D eigenvalue weighted by Gasteiger charge is -2.12. The predicted molar refractivity (Wildman–Crippen MR) is 78.3 cm³/mol. The standard InChI is InChI=1S/C15H14ClFOS/c1-19-13-6-3-10(4-7-13)15(18)8-11-2-5-12(16)9-14(11)17/h2-7,9,15,18H,8H2,1H3. The molecule has 2 aromatic rings. The molecule has 0 saturated heterocycles. The molecule has 1 N–H and O–H groups in total. The number of benzene rings is 2. The van der Waals surface area contributed by atoms with E-state index in [4.69, 9.17) is 11.6 Å². The van der Waals surface area contributed by atoms with Crippen LogP contribution in [0.3, 0.4) is 0 Å².